The zero-order valence-electron chi connectivity index (χ0n) is 13.9. The molecule has 0 fully saturated rings. The SMILES string of the molecule is COc1ccc(Cc2nn3c(COc4ccc(F)cc4)nnc3s2)cc1. The molecule has 0 bridgehead atoms. The minimum absolute atomic E-state index is 0.207. The first-order valence-corrected chi connectivity index (χ1v) is 8.74. The van der Waals surface area contributed by atoms with Crippen LogP contribution in [0, 0.1) is 5.82 Å². The number of nitrogens with zero attached hydrogens (tertiary/aromatic N) is 4. The van der Waals surface area contributed by atoms with Gasteiger partial charge in [-0.1, -0.05) is 23.5 Å². The summed E-state index contributed by atoms with van der Waals surface area (Å²) in [6.45, 7) is 0.207. The van der Waals surface area contributed by atoms with Crippen LogP contribution in [-0.2, 0) is 13.0 Å². The molecule has 2 aromatic heterocycles. The molecule has 0 aliphatic carbocycles. The standard InChI is InChI=1S/C18H15FN4O2S/c1-24-14-6-2-12(3-7-14)10-17-22-23-16(20-21-18(23)26-17)11-25-15-8-4-13(19)5-9-15/h2-9H,10-11H2,1H3. The van der Waals surface area contributed by atoms with Gasteiger partial charge in [-0.2, -0.15) is 9.61 Å². The van der Waals surface area contributed by atoms with Crippen molar-refractivity contribution < 1.29 is 13.9 Å². The van der Waals surface area contributed by atoms with Crippen molar-refractivity contribution >= 4 is 16.3 Å². The van der Waals surface area contributed by atoms with Crippen molar-refractivity contribution in [2.24, 2.45) is 0 Å². The van der Waals surface area contributed by atoms with E-state index in [2.05, 4.69) is 15.3 Å². The van der Waals surface area contributed by atoms with Crippen LogP contribution in [0.25, 0.3) is 4.96 Å². The number of ether oxygens (including phenoxy) is 2. The second-order valence-corrected chi connectivity index (χ2v) is 6.61. The number of fused-ring (bicyclic) bond motifs is 1. The van der Waals surface area contributed by atoms with Crippen LogP contribution in [0.1, 0.15) is 16.4 Å². The third kappa shape index (κ3) is 3.50. The maximum Gasteiger partial charge on any atom is 0.234 e. The van der Waals surface area contributed by atoms with Gasteiger partial charge in [-0.25, -0.2) is 4.39 Å². The molecule has 6 nitrogen and oxygen atoms in total. The van der Waals surface area contributed by atoms with E-state index in [9.17, 15) is 4.39 Å². The van der Waals surface area contributed by atoms with E-state index in [-0.39, 0.29) is 12.4 Å². The van der Waals surface area contributed by atoms with Crippen LogP contribution in [0.2, 0.25) is 0 Å². The fraction of sp³-hybridized carbons (Fsp3) is 0.167. The van der Waals surface area contributed by atoms with Crippen molar-refractivity contribution in [3.05, 3.63) is 70.7 Å². The first kappa shape index (κ1) is 16.5. The van der Waals surface area contributed by atoms with Crippen molar-refractivity contribution in [2.45, 2.75) is 13.0 Å². The number of methoxy groups -OCH3 is 1. The molecule has 0 aliphatic rings. The predicted molar refractivity (Wildman–Crippen MR) is 95.2 cm³/mol. The Morgan fingerprint density at radius 3 is 2.46 bits per heavy atom. The molecule has 0 aliphatic heterocycles. The Balaban J connectivity index is 1.48. The fourth-order valence-electron chi connectivity index (χ4n) is 2.46. The van der Waals surface area contributed by atoms with E-state index in [1.165, 1.54) is 23.5 Å². The Labute approximate surface area is 152 Å². The maximum atomic E-state index is 12.9. The Morgan fingerprint density at radius 1 is 1.00 bits per heavy atom. The van der Waals surface area contributed by atoms with Crippen LogP contribution in [0.3, 0.4) is 0 Å². The summed E-state index contributed by atoms with van der Waals surface area (Å²) in [6.07, 6.45) is 0.705. The van der Waals surface area contributed by atoms with E-state index >= 15 is 0 Å². The molecule has 8 heteroatoms. The van der Waals surface area contributed by atoms with Crippen molar-refractivity contribution in [1.82, 2.24) is 19.8 Å². The number of hydrogen-bond acceptors (Lipinski definition) is 6. The summed E-state index contributed by atoms with van der Waals surface area (Å²) < 4.78 is 25.4. The normalized spacial score (nSPS) is 11.0. The van der Waals surface area contributed by atoms with E-state index in [0.717, 1.165) is 16.3 Å². The average molecular weight is 370 g/mol. The molecule has 0 radical (unpaired) electrons. The summed E-state index contributed by atoms with van der Waals surface area (Å²) in [7, 11) is 1.65. The summed E-state index contributed by atoms with van der Waals surface area (Å²) in [4.78, 5) is 0.714. The van der Waals surface area contributed by atoms with Gasteiger partial charge < -0.3 is 9.47 Å². The van der Waals surface area contributed by atoms with E-state index in [0.29, 0.717) is 23.0 Å². The molecule has 2 aromatic carbocycles. The van der Waals surface area contributed by atoms with Crippen LogP contribution in [0.15, 0.2) is 48.5 Å². The molecule has 0 spiro atoms. The highest BCUT2D eigenvalue weighted by Gasteiger charge is 2.13. The van der Waals surface area contributed by atoms with Gasteiger partial charge in [0.05, 0.1) is 7.11 Å². The van der Waals surface area contributed by atoms with Gasteiger partial charge in [-0.3, -0.25) is 0 Å². The van der Waals surface area contributed by atoms with Gasteiger partial charge in [0.25, 0.3) is 0 Å². The van der Waals surface area contributed by atoms with Crippen LogP contribution in [-0.4, -0.2) is 26.9 Å². The van der Waals surface area contributed by atoms with Gasteiger partial charge in [-0.05, 0) is 42.0 Å². The average Bonchev–Trinajstić information content (AvgIpc) is 3.22. The van der Waals surface area contributed by atoms with Crippen molar-refractivity contribution in [3.8, 4) is 11.5 Å². The minimum atomic E-state index is -0.301. The lowest BCUT2D eigenvalue weighted by molar-refractivity contribution is 0.292. The summed E-state index contributed by atoms with van der Waals surface area (Å²) in [5.41, 5.74) is 1.14. The van der Waals surface area contributed by atoms with Gasteiger partial charge >= 0.3 is 0 Å². The quantitative estimate of drug-likeness (QED) is 0.520. The molecule has 4 aromatic rings. The second-order valence-electron chi connectivity index (χ2n) is 5.57. The van der Waals surface area contributed by atoms with Crippen molar-refractivity contribution in [1.29, 1.82) is 0 Å². The molecular weight excluding hydrogens is 355 g/mol. The van der Waals surface area contributed by atoms with E-state index in [1.807, 2.05) is 24.3 Å². The predicted octanol–water partition coefficient (Wildman–Crippen LogP) is 3.50. The Hall–Kier alpha value is -3.00. The van der Waals surface area contributed by atoms with Crippen LogP contribution in [0.4, 0.5) is 4.39 Å². The molecule has 0 saturated carbocycles. The molecule has 0 unspecified atom stereocenters. The highest BCUT2D eigenvalue weighted by atomic mass is 32.1. The van der Waals surface area contributed by atoms with Gasteiger partial charge in [0.15, 0.2) is 5.82 Å². The number of hydrogen-bond donors (Lipinski definition) is 0. The zero-order chi connectivity index (χ0) is 17.9. The number of aromatic nitrogens is 4. The molecule has 4 rings (SSSR count). The Morgan fingerprint density at radius 2 is 1.73 bits per heavy atom. The summed E-state index contributed by atoms with van der Waals surface area (Å²) in [5.74, 6) is 1.69. The first-order valence-electron chi connectivity index (χ1n) is 7.92. The lowest BCUT2D eigenvalue weighted by Crippen LogP contribution is -2.03. The minimum Gasteiger partial charge on any atom is -0.497 e. The smallest absolute Gasteiger partial charge is 0.234 e. The second kappa shape index (κ2) is 7.09. The molecule has 2 heterocycles. The summed E-state index contributed by atoms with van der Waals surface area (Å²) >= 11 is 1.49. The Bertz CT molecular complexity index is 1010. The molecule has 0 N–H and O–H groups in total. The largest absolute Gasteiger partial charge is 0.497 e. The zero-order valence-corrected chi connectivity index (χ0v) is 14.7. The van der Waals surface area contributed by atoms with Crippen LogP contribution >= 0.6 is 11.3 Å². The third-order valence-electron chi connectivity index (χ3n) is 3.79. The van der Waals surface area contributed by atoms with Gasteiger partial charge in [0.2, 0.25) is 4.96 Å². The molecule has 132 valence electrons. The van der Waals surface area contributed by atoms with Crippen molar-refractivity contribution in [3.63, 3.8) is 0 Å². The molecule has 0 atom stereocenters. The highest BCUT2D eigenvalue weighted by Crippen LogP contribution is 2.20. The van der Waals surface area contributed by atoms with Gasteiger partial charge in [0, 0.05) is 6.42 Å². The lowest BCUT2D eigenvalue weighted by Gasteiger charge is -2.03. The molecule has 26 heavy (non-hydrogen) atoms. The van der Waals surface area contributed by atoms with Crippen LogP contribution < -0.4 is 9.47 Å². The Kier molecular flexibility index (Phi) is 4.49. The van der Waals surface area contributed by atoms with E-state index < -0.39 is 0 Å². The fourth-order valence-corrected chi connectivity index (χ4v) is 3.34. The van der Waals surface area contributed by atoms with E-state index in [1.54, 1.807) is 23.8 Å². The first-order chi connectivity index (χ1) is 12.7. The number of rotatable bonds is 6. The molecule has 0 amide bonds. The number of halogens is 1. The monoisotopic (exact) mass is 370 g/mol. The van der Waals surface area contributed by atoms with Crippen LogP contribution in [0.5, 0.6) is 11.5 Å². The topological polar surface area (TPSA) is 61.5 Å². The lowest BCUT2D eigenvalue weighted by atomic mass is 10.1. The maximum absolute atomic E-state index is 12.9. The third-order valence-corrected chi connectivity index (χ3v) is 4.69. The summed E-state index contributed by atoms with van der Waals surface area (Å²) in [5, 5.41) is 13.8. The highest BCUT2D eigenvalue weighted by molar-refractivity contribution is 7.16. The summed E-state index contributed by atoms with van der Waals surface area (Å²) in [6, 6.07) is 13.7. The molecule has 0 saturated heterocycles. The van der Waals surface area contributed by atoms with Gasteiger partial charge in [0.1, 0.15) is 28.9 Å². The number of benzene rings is 2. The van der Waals surface area contributed by atoms with E-state index in [4.69, 9.17) is 9.47 Å². The van der Waals surface area contributed by atoms with Crippen molar-refractivity contribution in [2.75, 3.05) is 7.11 Å². The van der Waals surface area contributed by atoms with Gasteiger partial charge in [-0.15, -0.1) is 10.2 Å². The molecular formula is C18H15FN4O2S.